The lowest BCUT2D eigenvalue weighted by Crippen LogP contribution is -2.60. The first-order valence-electron chi connectivity index (χ1n) is 6.64. The zero-order valence-corrected chi connectivity index (χ0v) is 12.4. The average molecular weight is 356 g/mol. The zero-order valence-electron chi connectivity index (χ0n) is 11.6. The molecule has 1 saturated heterocycles. The van der Waals surface area contributed by atoms with E-state index in [1.807, 2.05) is 0 Å². The van der Waals surface area contributed by atoms with E-state index in [1.54, 1.807) is 0 Å². The van der Waals surface area contributed by atoms with Gasteiger partial charge in [0.1, 0.15) is 30.2 Å². The molecule has 2 rings (SSSR count). The summed E-state index contributed by atoms with van der Waals surface area (Å²) < 4.78 is 34.4. The van der Waals surface area contributed by atoms with Gasteiger partial charge in [-0.05, 0) is 24.3 Å². The molecule has 0 unspecified atom stereocenters. The SMILES string of the molecule is OC[C@@H]1O[C@H](Nc2ccc(OC(F)(F)Cl)cc2)[C@H](O)[C@H](O)[C@@H]1O. The molecule has 0 radical (unpaired) electrons. The molecule has 10 heteroatoms. The second-order valence-electron chi connectivity index (χ2n) is 4.97. The smallest absolute Gasteiger partial charge is 0.420 e. The molecule has 1 heterocycles. The molecule has 0 spiro atoms. The molecule has 1 aliphatic heterocycles. The highest BCUT2D eigenvalue weighted by molar-refractivity contribution is 6.20. The first-order chi connectivity index (χ1) is 10.7. The lowest BCUT2D eigenvalue weighted by Gasteiger charge is -2.40. The maximum absolute atomic E-state index is 12.5. The third-order valence-corrected chi connectivity index (χ3v) is 3.37. The Morgan fingerprint density at radius 2 is 1.74 bits per heavy atom. The van der Waals surface area contributed by atoms with Crippen molar-refractivity contribution in [3.05, 3.63) is 24.3 Å². The fourth-order valence-electron chi connectivity index (χ4n) is 2.14. The van der Waals surface area contributed by atoms with Crippen molar-refractivity contribution < 1.29 is 38.7 Å². The van der Waals surface area contributed by atoms with Crippen LogP contribution in [-0.2, 0) is 4.74 Å². The average Bonchev–Trinajstić information content (AvgIpc) is 2.48. The van der Waals surface area contributed by atoms with Crippen LogP contribution in [0.15, 0.2) is 24.3 Å². The van der Waals surface area contributed by atoms with E-state index in [-0.39, 0.29) is 5.75 Å². The number of aliphatic hydroxyl groups is 4. The number of alkyl halides is 3. The number of nitrogens with one attached hydrogen (secondary N) is 1. The number of aliphatic hydroxyl groups excluding tert-OH is 4. The van der Waals surface area contributed by atoms with Gasteiger partial charge < -0.3 is 35.2 Å². The van der Waals surface area contributed by atoms with Gasteiger partial charge in [-0.15, -0.1) is 8.78 Å². The van der Waals surface area contributed by atoms with Crippen molar-refractivity contribution in [3.63, 3.8) is 0 Å². The Balaban J connectivity index is 2.03. The van der Waals surface area contributed by atoms with Crippen LogP contribution in [0.4, 0.5) is 14.5 Å². The minimum atomic E-state index is -3.83. The van der Waals surface area contributed by atoms with Crippen LogP contribution >= 0.6 is 11.6 Å². The highest BCUT2D eigenvalue weighted by Gasteiger charge is 2.43. The van der Waals surface area contributed by atoms with Crippen LogP contribution in [0.25, 0.3) is 0 Å². The number of ether oxygens (including phenoxy) is 2. The van der Waals surface area contributed by atoms with Gasteiger partial charge in [0.05, 0.1) is 6.61 Å². The predicted molar refractivity (Wildman–Crippen MR) is 75.3 cm³/mol. The van der Waals surface area contributed by atoms with Gasteiger partial charge in [-0.25, -0.2) is 0 Å². The van der Waals surface area contributed by atoms with Crippen LogP contribution in [0.3, 0.4) is 0 Å². The zero-order chi connectivity index (χ0) is 17.2. The molecule has 7 nitrogen and oxygen atoms in total. The first kappa shape index (κ1) is 18.1. The minimum Gasteiger partial charge on any atom is -0.420 e. The van der Waals surface area contributed by atoms with Gasteiger partial charge >= 0.3 is 5.57 Å². The fraction of sp³-hybridized carbons (Fsp3) is 0.538. The largest absolute Gasteiger partial charge is 0.487 e. The number of halogens is 3. The maximum Gasteiger partial charge on any atom is 0.487 e. The molecular weight excluding hydrogens is 340 g/mol. The van der Waals surface area contributed by atoms with E-state index in [1.165, 1.54) is 24.3 Å². The van der Waals surface area contributed by atoms with Crippen molar-refractivity contribution in [2.75, 3.05) is 11.9 Å². The van der Waals surface area contributed by atoms with Gasteiger partial charge in [0.25, 0.3) is 0 Å². The quantitative estimate of drug-likeness (QED) is 0.475. The third kappa shape index (κ3) is 4.63. The molecule has 1 aliphatic rings. The number of hydrogen-bond acceptors (Lipinski definition) is 7. The molecule has 1 fully saturated rings. The summed E-state index contributed by atoms with van der Waals surface area (Å²) in [6, 6.07) is 5.14. The van der Waals surface area contributed by atoms with Crippen molar-refractivity contribution in [1.29, 1.82) is 0 Å². The Kier molecular flexibility index (Phi) is 5.61. The number of hydrogen-bond donors (Lipinski definition) is 5. The predicted octanol–water partition coefficient (Wildman–Crippen LogP) is 0.0663. The summed E-state index contributed by atoms with van der Waals surface area (Å²) in [7, 11) is 0. The normalized spacial score (nSPS) is 31.7. The van der Waals surface area contributed by atoms with Crippen molar-refractivity contribution in [2.24, 2.45) is 0 Å². The van der Waals surface area contributed by atoms with E-state index in [0.717, 1.165) is 0 Å². The molecule has 23 heavy (non-hydrogen) atoms. The van der Waals surface area contributed by atoms with Crippen molar-refractivity contribution in [1.82, 2.24) is 0 Å². The van der Waals surface area contributed by atoms with Gasteiger partial charge in [-0.2, -0.15) is 0 Å². The molecule has 1 aromatic carbocycles. The molecule has 5 atom stereocenters. The van der Waals surface area contributed by atoms with E-state index in [9.17, 15) is 24.1 Å². The number of benzene rings is 1. The summed E-state index contributed by atoms with van der Waals surface area (Å²) in [6.45, 7) is -0.555. The van der Waals surface area contributed by atoms with Crippen LogP contribution < -0.4 is 10.1 Å². The van der Waals surface area contributed by atoms with Crippen molar-refractivity contribution >= 4 is 17.3 Å². The molecule has 130 valence electrons. The summed E-state index contributed by atoms with van der Waals surface area (Å²) in [5.74, 6) is -0.177. The second-order valence-corrected chi connectivity index (χ2v) is 5.41. The minimum absolute atomic E-state index is 0.177. The molecule has 0 aromatic heterocycles. The summed E-state index contributed by atoms with van der Waals surface area (Å²) >= 11 is 4.64. The van der Waals surface area contributed by atoms with Crippen LogP contribution in [-0.4, -0.2) is 63.2 Å². The van der Waals surface area contributed by atoms with Crippen molar-refractivity contribution in [2.45, 2.75) is 36.2 Å². The highest BCUT2D eigenvalue weighted by Crippen LogP contribution is 2.27. The first-order valence-corrected chi connectivity index (χ1v) is 7.02. The van der Waals surface area contributed by atoms with Gasteiger partial charge in [0, 0.05) is 17.3 Å². The third-order valence-electron chi connectivity index (χ3n) is 3.29. The standard InChI is InChI=1S/C13H16ClF2NO6/c14-13(15,16)23-7-3-1-6(2-4-7)17-12-11(21)10(20)9(19)8(5-18)22-12/h1-4,8-12,17-21H,5H2/t8-,9+,10+,11+,12-/m0/s1. The molecule has 0 aliphatic carbocycles. The van der Waals surface area contributed by atoms with E-state index in [2.05, 4.69) is 21.7 Å². The van der Waals surface area contributed by atoms with E-state index in [0.29, 0.717) is 5.69 Å². The Morgan fingerprint density at radius 1 is 1.13 bits per heavy atom. The second kappa shape index (κ2) is 7.12. The highest BCUT2D eigenvalue weighted by atomic mass is 35.5. The summed E-state index contributed by atoms with van der Waals surface area (Å²) in [5.41, 5.74) is -3.47. The Labute approximate surface area is 135 Å². The van der Waals surface area contributed by atoms with Gasteiger partial charge in [0.2, 0.25) is 0 Å². The van der Waals surface area contributed by atoms with Gasteiger partial charge in [-0.3, -0.25) is 0 Å². The van der Waals surface area contributed by atoms with Crippen LogP contribution in [0.2, 0.25) is 0 Å². The molecule has 0 saturated carbocycles. The molecule has 1 aromatic rings. The Hall–Kier alpha value is -1.23. The van der Waals surface area contributed by atoms with Gasteiger partial charge in [0.15, 0.2) is 6.23 Å². The summed E-state index contributed by atoms with van der Waals surface area (Å²) in [5, 5.41) is 41.0. The Morgan fingerprint density at radius 3 is 2.26 bits per heavy atom. The van der Waals surface area contributed by atoms with Crippen molar-refractivity contribution in [3.8, 4) is 5.75 Å². The fourth-order valence-corrected chi connectivity index (χ4v) is 2.23. The Bertz CT molecular complexity index is 512. The maximum atomic E-state index is 12.5. The number of rotatable bonds is 5. The van der Waals surface area contributed by atoms with Gasteiger partial charge in [-0.1, -0.05) is 0 Å². The number of anilines is 1. The monoisotopic (exact) mass is 355 g/mol. The molecule has 0 amide bonds. The lowest BCUT2D eigenvalue weighted by molar-refractivity contribution is -0.221. The molecule has 5 N–H and O–H groups in total. The molecular formula is C13H16ClF2NO6. The lowest BCUT2D eigenvalue weighted by atomic mass is 9.98. The van der Waals surface area contributed by atoms with E-state index >= 15 is 0 Å². The van der Waals surface area contributed by atoms with E-state index < -0.39 is 42.8 Å². The van der Waals surface area contributed by atoms with Crippen LogP contribution in [0.1, 0.15) is 0 Å². The summed E-state index contributed by atoms with van der Waals surface area (Å²) in [4.78, 5) is 0. The molecule has 0 bridgehead atoms. The van der Waals surface area contributed by atoms with Crippen LogP contribution in [0, 0.1) is 0 Å². The van der Waals surface area contributed by atoms with E-state index in [4.69, 9.17) is 9.84 Å². The topological polar surface area (TPSA) is 111 Å². The van der Waals surface area contributed by atoms with Crippen LogP contribution in [0.5, 0.6) is 5.75 Å². The summed E-state index contributed by atoms with van der Waals surface area (Å²) in [6.07, 6.45) is -6.61.